The number of imide groups is 1. The van der Waals surface area contributed by atoms with Crippen molar-refractivity contribution in [2.24, 2.45) is 7.05 Å². The molecule has 2 N–H and O–H groups in total. The summed E-state index contributed by atoms with van der Waals surface area (Å²) in [7, 11) is 1.89. The molecule has 1 aliphatic rings. The van der Waals surface area contributed by atoms with Crippen LogP contribution in [0.4, 0.5) is 0 Å². The molecule has 0 atom stereocenters. The highest BCUT2D eigenvalue weighted by atomic mass is 79.9. The minimum absolute atomic E-state index is 0.244. The lowest BCUT2D eigenvalue weighted by Crippen LogP contribution is -2.22. The number of aryl methyl sites for hydroxylation is 1. The molecule has 0 fully saturated rings. The number of aromatic nitrogens is 2. The third kappa shape index (κ3) is 2.98. The van der Waals surface area contributed by atoms with Crippen molar-refractivity contribution in [3.8, 4) is 0 Å². The minimum Gasteiger partial charge on any atom is -0.480 e. The van der Waals surface area contributed by atoms with Crippen LogP contribution < -0.4 is 5.32 Å². The van der Waals surface area contributed by atoms with Gasteiger partial charge in [0.25, 0.3) is 11.8 Å². The molecule has 7 nitrogen and oxygen atoms in total. The van der Waals surface area contributed by atoms with Gasteiger partial charge in [-0.05, 0) is 24.3 Å². The first-order valence-electron chi connectivity index (χ1n) is 9.50. The second kappa shape index (κ2) is 6.95. The number of hydrogen-bond acceptors (Lipinski definition) is 3. The number of amides is 2. The molecular formula is C23H16BrN3O4. The zero-order valence-electron chi connectivity index (χ0n) is 16.3. The Morgan fingerprint density at radius 1 is 0.968 bits per heavy atom. The Kier molecular flexibility index (Phi) is 4.33. The van der Waals surface area contributed by atoms with Crippen LogP contribution in [0.1, 0.15) is 11.1 Å². The van der Waals surface area contributed by atoms with Crippen molar-refractivity contribution in [2.75, 3.05) is 0 Å². The van der Waals surface area contributed by atoms with Crippen LogP contribution in [0, 0.1) is 0 Å². The topological polar surface area (TPSA) is 93.3 Å². The van der Waals surface area contributed by atoms with Crippen molar-refractivity contribution in [3.63, 3.8) is 0 Å². The molecular weight excluding hydrogens is 462 g/mol. The number of hydrogen-bond donors (Lipinski definition) is 2. The highest BCUT2D eigenvalue weighted by Crippen LogP contribution is 2.39. The molecule has 0 unspecified atom stereocenters. The van der Waals surface area contributed by atoms with Crippen LogP contribution in [0.15, 0.2) is 59.3 Å². The fourth-order valence-corrected chi connectivity index (χ4v) is 4.62. The van der Waals surface area contributed by atoms with Crippen LogP contribution >= 0.6 is 15.9 Å². The van der Waals surface area contributed by atoms with Gasteiger partial charge in [-0.15, -0.1) is 0 Å². The number of halogens is 1. The van der Waals surface area contributed by atoms with E-state index < -0.39 is 17.8 Å². The summed E-state index contributed by atoms with van der Waals surface area (Å²) in [6.45, 7) is -0.259. The first kappa shape index (κ1) is 19.3. The zero-order chi connectivity index (χ0) is 21.9. The normalized spacial score (nSPS) is 14.1. The molecule has 0 aliphatic carbocycles. The van der Waals surface area contributed by atoms with Gasteiger partial charge in [0.15, 0.2) is 0 Å². The van der Waals surface area contributed by atoms with Crippen molar-refractivity contribution in [1.29, 1.82) is 0 Å². The number of carboxylic acids is 1. The van der Waals surface area contributed by atoms with Gasteiger partial charge in [0.05, 0.1) is 11.1 Å². The molecule has 2 aromatic carbocycles. The van der Waals surface area contributed by atoms with E-state index in [0.717, 1.165) is 15.4 Å². The van der Waals surface area contributed by atoms with Crippen LogP contribution in [-0.4, -0.2) is 32.0 Å². The number of para-hydroxylation sites is 1. The molecule has 31 heavy (non-hydrogen) atoms. The van der Waals surface area contributed by atoms with Crippen LogP contribution in [-0.2, 0) is 28.0 Å². The van der Waals surface area contributed by atoms with Crippen molar-refractivity contribution in [2.45, 2.75) is 6.54 Å². The molecule has 3 heterocycles. The van der Waals surface area contributed by atoms with E-state index in [1.165, 1.54) is 0 Å². The Morgan fingerprint density at radius 2 is 1.65 bits per heavy atom. The van der Waals surface area contributed by atoms with E-state index in [4.69, 9.17) is 0 Å². The summed E-state index contributed by atoms with van der Waals surface area (Å²) < 4.78 is 4.27. The maximum absolute atomic E-state index is 12.9. The van der Waals surface area contributed by atoms with E-state index in [1.807, 2.05) is 54.2 Å². The molecule has 0 radical (unpaired) electrons. The molecule has 4 aromatic rings. The number of aliphatic carboxylic acids is 1. The van der Waals surface area contributed by atoms with Gasteiger partial charge >= 0.3 is 5.97 Å². The third-order valence-corrected chi connectivity index (χ3v) is 6.01. The zero-order valence-corrected chi connectivity index (χ0v) is 17.9. The molecule has 2 aromatic heterocycles. The van der Waals surface area contributed by atoms with Gasteiger partial charge in [0.1, 0.15) is 6.54 Å². The first-order chi connectivity index (χ1) is 14.8. The van der Waals surface area contributed by atoms with E-state index in [1.54, 1.807) is 16.8 Å². The van der Waals surface area contributed by atoms with Gasteiger partial charge in [0.2, 0.25) is 0 Å². The average molecular weight is 478 g/mol. The van der Waals surface area contributed by atoms with Gasteiger partial charge < -0.3 is 14.2 Å². The van der Waals surface area contributed by atoms with Crippen LogP contribution in [0.2, 0.25) is 0 Å². The van der Waals surface area contributed by atoms with Crippen molar-refractivity contribution >= 4 is 66.7 Å². The fourth-order valence-electron chi connectivity index (χ4n) is 4.26. The number of nitrogens with one attached hydrogen (secondary N) is 1. The standard InChI is InChI=1S/C23H16BrN3O4/c1-26-9-15(13-4-2-3-5-17(13)26)20-21(23(31)25-22(20)30)16-10-27(11-19(28)29)18-7-6-12(24)8-14(16)18/h2-10H,11H2,1H3,(H,28,29)(H,25,30,31). The number of carbonyl (C=O) groups is 3. The Morgan fingerprint density at radius 3 is 2.35 bits per heavy atom. The fraction of sp³-hybridized carbons (Fsp3) is 0.0870. The van der Waals surface area contributed by atoms with E-state index in [9.17, 15) is 19.5 Å². The maximum Gasteiger partial charge on any atom is 0.323 e. The number of carbonyl (C=O) groups excluding carboxylic acids is 2. The number of fused-ring (bicyclic) bond motifs is 2. The minimum atomic E-state index is -0.999. The summed E-state index contributed by atoms with van der Waals surface area (Å²) in [5, 5.41) is 13.3. The first-order valence-corrected chi connectivity index (χ1v) is 10.3. The SMILES string of the molecule is Cn1cc(C2=C(c3cn(CC(=O)O)c4ccc(Br)cc34)C(=O)NC2=O)c2ccccc21. The van der Waals surface area contributed by atoms with Crippen LogP contribution in [0.5, 0.6) is 0 Å². The van der Waals surface area contributed by atoms with E-state index in [2.05, 4.69) is 21.2 Å². The van der Waals surface area contributed by atoms with E-state index >= 15 is 0 Å². The molecule has 8 heteroatoms. The molecule has 0 saturated carbocycles. The van der Waals surface area contributed by atoms with Gasteiger partial charge in [-0.25, -0.2) is 0 Å². The molecule has 2 amide bonds. The summed E-state index contributed by atoms with van der Waals surface area (Å²) in [6, 6.07) is 13.1. The van der Waals surface area contributed by atoms with Crippen molar-refractivity contribution < 1.29 is 19.5 Å². The summed E-state index contributed by atoms with van der Waals surface area (Å²) in [5.74, 6) is -1.96. The highest BCUT2D eigenvalue weighted by Gasteiger charge is 2.35. The quantitative estimate of drug-likeness (QED) is 0.439. The number of carboxylic acid groups (broad SMARTS) is 1. The summed E-state index contributed by atoms with van der Waals surface area (Å²) in [5.41, 5.74) is 3.31. The number of rotatable bonds is 4. The second-order valence-corrected chi connectivity index (χ2v) is 8.35. The van der Waals surface area contributed by atoms with Crippen molar-refractivity contribution in [3.05, 3.63) is 70.5 Å². The highest BCUT2D eigenvalue weighted by molar-refractivity contribution is 9.10. The lowest BCUT2D eigenvalue weighted by molar-refractivity contribution is -0.137. The van der Waals surface area contributed by atoms with Crippen molar-refractivity contribution in [1.82, 2.24) is 14.5 Å². The predicted octanol–water partition coefficient (Wildman–Crippen LogP) is 3.55. The molecule has 154 valence electrons. The van der Waals surface area contributed by atoms with Gasteiger partial charge in [-0.3, -0.25) is 19.7 Å². The van der Waals surface area contributed by atoms with E-state index in [0.29, 0.717) is 22.0 Å². The molecule has 0 bridgehead atoms. The lowest BCUT2D eigenvalue weighted by atomic mass is 9.95. The summed E-state index contributed by atoms with van der Waals surface area (Å²) >= 11 is 3.45. The second-order valence-electron chi connectivity index (χ2n) is 7.43. The van der Waals surface area contributed by atoms with Gasteiger partial charge in [0, 0.05) is 56.8 Å². The maximum atomic E-state index is 12.9. The monoisotopic (exact) mass is 477 g/mol. The largest absolute Gasteiger partial charge is 0.480 e. The molecule has 0 saturated heterocycles. The third-order valence-electron chi connectivity index (χ3n) is 5.52. The molecule has 1 aliphatic heterocycles. The van der Waals surface area contributed by atoms with E-state index in [-0.39, 0.29) is 17.7 Å². The van der Waals surface area contributed by atoms with Crippen LogP contribution in [0.25, 0.3) is 33.0 Å². The number of nitrogens with zero attached hydrogens (tertiary/aromatic N) is 2. The lowest BCUT2D eigenvalue weighted by Gasteiger charge is -2.03. The Balaban J connectivity index is 1.85. The van der Waals surface area contributed by atoms with Gasteiger partial charge in [-0.1, -0.05) is 34.1 Å². The predicted molar refractivity (Wildman–Crippen MR) is 120 cm³/mol. The van der Waals surface area contributed by atoms with Gasteiger partial charge in [-0.2, -0.15) is 0 Å². The Hall–Kier alpha value is -3.65. The average Bonchev–Trinajstić information content (AvgIpc) is 3.32. The number of benzene rings is 2. The summed E-state index contributed by atoms with van der Waals surface area (Å²) in [4.78, 5) is 37.2. The van der Waals surface area contributed by atoms with Crippen LogP contribution in [0.3, 0.4) is 0 Å². The Bertz CT molecular complexity index is 1480. The molecule has 5 rings (SSSR count). The molecule has 0 spiro atoms. The Labute approximate surface area is 184 Å². The summed E-state index contributed by atoms with van der Waals surface area (Å²) in [6.07, 6.45) is 3.47. The smallest absolute Gasteiger partial charge is 0.323 e.